The van der Waals surface area contributed by atoms with Crippen LogP contribution in [-0.2, 0) is 4.79 Å². The van der Waals surface area contributed by atoms with Crippen molar-refractivity contribution < 1.29 is 4.79 Å². The van der Waals surface area contributed by atoms with E-state index in [9.17, 15) is 4.79 Å². The second-order valence-corrected chi connectivity index (χ2v) is 5.58. The van der Waals surface area contributed by atoms with Crippen LogP contribution in [0.4, 0.5) is 0 Å². The molecule has 18 heavy (non-hydrogen) atoms. The average molecular weight is 255 g/mol. The van der Waals surface area contributed by atoms with E-state index in [-0.39, 0.29) is 5.91 Å². The second kappa shape index (κ2) is 8.48. The summed E-state index contributed by atoms with van der Waals surface area (Å²) < 4.78 is 0. The third-order valence-electron chi connectivity index (χ3n) is 3.73. The Kier molecular flexibility index (Phi) is 7.28. The third-order valence-corrected chi connectivity index (χ3v) is 3.73. The predicted octanol–water partition coefficient (Wildman–Crippen LogP) is 1.49. The fraction of sp³-hybridized carbons (Fsp3) is 0.929. The van der Waals surface area contributed by atoms with Gasteiger partial charge >= 0.3 is 0 Å². The topological polar surface area (TPSA) is 58.4 Å². The van der Waals surface area contributed by atoms with Crippen LogP contribution in [0.25, 0.3) is 0 Å². The Morgan fingerprint density at radius 1 is 1.39 bits per heavy atom. The minimum Gasteiger partial charge on any atom is -0.369 e. The zero-order chi connectivity index (χ0) is 13.4. The van der Waals surface area contributed by atoms with Crippen molar-refractivity contribution in [2.75, 3.05) is 19.6 Å². The number of nitrogens with one attached hydrogen (secondary N) is 1. The first kappa shape index (κ1) is 15.4. The van der Waals surface area contributed by atoms with Crippen LogP contribution in [0.1, 0.15) is 52.4 Å². The molecule has 4 heteroatoms. The van der Waals surface area contributed by atoms with Crippen LogP contribution in [0.2, 0.25) is 0 Å². The summed E-state index contributed by atoms with van der Waals surface area (Å²) in [6.45, 7) is 6.92. The number of nitrogens with two attached hydrogens (primary N) is 1. The van der Waals surface area contributed by atoms with Crippen molar-refractivity contribution in [2.24, 2.45) is 5.73 Å². The highest BCUT2D eigenvalue weighted by Gasteiger charge is 2.20. The molecule has 0 aromatic heterocycles. The number of likely N-dealkylation sites (tertiary alicyclic amines) is 1. The number of hydrogen-bond donors (Lipinski definition) is 2. The van der Waals surface area contributed by atoms with Crippen LogP contribution in [0.3, 0.4) is 0 Å². The minimum atomic E-state index is -0.214. The van der Waals surface area contributed by atoms with E-state index in [2.05, 4.69) is 24.1 Å². The Morgan fingerprint density at radius 3 is 2.61 bits per heavy atom. The van der Waals surface area contributed by atoms with Gasteiger partial charge in [0.15, 0.2) is 0 Å². The molecule has 1 rings (SSSR count). The summed E-state index contributed by atoms with van der Waals surface area (Å²) in [5, 5.41) is 3.71. The average Bonchev–Trinajstić information content (AvgIpc) is 2.31. The van der Waals surface area contributed by atoms with Gasteiger partial charge in [-0.1, -0.05) is 26.2 Å². The Bertz CT molecular complexity index is 237. The number of carbonyl (C=O) groups is 1. The van der Waals surface area contributed by atoms with Gasteiger partial charge < -0.3 is 11.1 Å². The SMILES string of the molecule is CCCCCC(C)NC1CCN(CC(N)=O)CC1. The van der Waals surface area contributed by atoms with Crippen molar-refractivity contribution in [3.8, 4) is 0 Å². The van der Waals surface area contributed by atoms with Gasteiger partial charge in [0.2, 0.25) is 5.91 Å². The molecule has 4 nitrogen and oxygen atoms in total. The van der Waals surface area contributed by atoms with E-state index >= 15 is 0 Å². The van der Waals surface area contributed by atoms with Crippen LogP contribution in [0.5, 0.6) is 0 Å². The van der Waals surface area contributed by atoms with E-state index in [0.717, 1.165) is 25.9 Å². The summed E-state index contributed by atoms with van der Waals surface area (Å²) >= 11 is 0. The molecule has 1 heterocycles. The summed E-state index contributed by atoms with van der Waals surface area (Å²) in [6.07, 6.45) is 7.48. The van der Waals surface area contributed by atoms with Crippen molar-refractivity contribution in [3.05, 3.63) is 0 Å². The highest BCUT2D eigenvalue weighted by Crippen LogP contribution is 2.12. The summed E-state index contributed by atoms with van der Waals surface area (Å²) in [4.78, 5) is 13.0. The van der Waals surface area contributed by atoms with Gasteiger partial charge in [-0.15, -0.1) is 0 Å². The molecule has 0 radical (unpaired) electrons. The molecule has 1 saturated heterocycles. The molecular weight excluding hydrogens is 226 g/mol. The van der Waals surface area contributed by atoms with Crippen molar-refractivity contribution >= 4 is 5.91 Å². The number of nitrogens with zero attached hydrogens (tertiary/aromatic N) is 1. The molecule has 0 aliphatic carbocycles. The van der Waals surface area contributed by atoms with Gasteiger partial charge in [-0.3, -0.25) is 9.69 Å². The molecule has 1 aliphatic heterocycles. The van der Waals surface area contributed by atoms with Gasteiger partial charge in [0.05, 0.1) is 6.54 Å². The number of rotatable bonds is 8. The molecule has 1 unspecified atom stereocenters. The first-order chi connectivity index (χ1) is 8.61. The van der Waals surface area contributed by atoms with Crippen LogP contribution in [0.15, 0.2) is 0 Å². The summed E-state index contributed by atoms with van der Waals surface area (Å²) in [6, 6.07) is 1.23. The lowest BCUT2D eigenvalue weighted by Gasteiger charge is -2.33. The van der Waals surface area contributed by atoms with Gasteiger partial charge in [0.1, 0.15) is 0 Å². The molecule has 0 bridgehead atoms. The van der Waals surface area contributed by atoms with E-state index in [1.54, 1.807) is 0 Å². The van der Waals surface area contributed by atoms with E-state index in [1.807, 2.05) is 0 Å². The van der Waals surface area contributed by atoms with Crippen molar-refractivity contribution in [1.29, 1.82) is 0 Å². The Hall–Kier alpha value is -0.610. The Balaban J connectivity index is 2.12. The number of amides is 1. The van der Waals surface area contributed by atoms with Crippen LogP contribution >= 0.6 is 0 Å². The fourth-order valence-electron chi connectivity index (χ4n) is 2.66. The van der Waals surface area contributed by atoms with Crippen molar-refractivity contribution in [2.45, 2.75) is 64.5 Å². The molecule has 0 aromatic rings. The van der Waals surface area contributed by atoms with Crippen LogP contribution in [0, 0.1) is 0 Å². The van der Waals surface area contributed by atoms with E-state index < -0.39 is 0 Å². The number of hydrogen-bond acceptors (Lipinski definition) is 3. The lowest BCUT2D eigenvalue weighted by Crippen LogP contribution is -2.47. The summed E-state index contributed by atoms with van der Waals surface area (Å²) in [7, 11) is 0. The Labute approximate surface area is 111 Å². The third kappa shape index (κ3) is 6.36. The van der Waals surface area contributed by atoms with E-state index in [4.69, 9.17) is 5.73 Å². The molecule has 0 aromatic carbocycles. The maximum absolute atomic E-state index is 10.8. The van der Waals surface area contributed by atoms with E-state index in [1.165, 1.54) is 25.7 Å². The maximum atomic E-state index is 10.8. The normalized spacial score (nSPS) is 19.9. The molecule has 0 saturated carbocycles. The largest absolute Gasteiger partial charge is 0.369 e. The highest BCUT2D eigenvalue weighted by molar-refractivity contribution is 5.75. The quantitative estimate of drug-likeness (QED) is 0.646. The first-order valence-corrected chi connectivity index (χ1v) is 7.38. The molecule has 106 valence electrons. The molecule has 1 aliphatic rings. The van der Waals surface area contributed by atoms with Crippen molar-refractivity contribution in [3.63, 3.8) is 0 Å². The molecule has 3 N–H and O–H groups in total. The summed E-state index contributed by atoms with van der Waals surface area (Å²) in [5.41, 5.74) is 5.21. The molecule has 0 spiro atoms. The van der Waals surface area contributed by atoms with E-state index in [0.29, 0.717) is 18.6 Å². The predicted molar refractivity (Wildman–Crippen MR) is 75.4 cm³/mol. The van der Waals surface area contributed by atoms with Gasteiger partial charge in [-0.25, -0.2) is 0 Å². The molecule has 1 fully saturated rings. The highest BCUT2D eigenvalue weighted by atomic mass is 16.1. The molecule has 1 atom stereocenters. The van der Waals surface area contributed by atoms with Gasteiger partial charge in [0, 0.05) is 25.2 Å². The number of unbranched alkanes of at least 4 members (excludes halogenated alkanes) is 2. The first-order valence-electron chi connectivity index (χ1n) is 7.38. The fourth-order valence-corrected chi connectivity index (χ4v) is 2.66. The number of piperidine rings is 1. The Morgan fingerprint density at radius 2 is 2.06 bits per heavy atom. The lowest BCUT2D eigenvalue weighted by atomic mass is 10.0. The zero-order valence-electron chi connectivity index (χ0n) is 12.0. The monoisotopic (exact) mass is 255 g/mol. The molecule has 1 amide bonds. The molecular formula is C14H29N3O. The van der Waals surface area contributed by atoms with Crippen LogP contribution in [-0.4, -0.2) is 42.5 Å². The van der Waals surface area contributed by atoms with Crippen LogP contribution < -0.4 is 11.1 Å². The lowest BCUT2D eigenvalue weighted by molar-refractivity contribution is -0.119. The van der Waals surface area contributed by atoms with Gasteiger partial charge in [-0.2, -0.15) is 0 Å². The standard InChI is InChI=1S/C14H29N3O/c1-3-4-5-6-12(2)16-13-7-9-17(10-8-13)11-14(15)18/h12-13,16H,3-11H2,1-2H3,(H2,15,18). The summed E-state index contributed by atoms with van der Waals surface area (Å²) in [5.74, 6) is -0.214. The van der Waals surface area contributed by atoms with Crippen molar-refractivity contribution in [1.82, 2.24) is 10.2 Å². The second-order valence-electron chi connectivity index (χ2n) is 5.58. The van der Waals surface area contributed by atoms with Gasteiger partial charge in [-0.05, 0) is 26.2 Å². The number of carbonyl (C=O) groups excluding carboxylic acids is 1. The van der Waals surface area contributed by atoms with Gasteiger partial charge in [0.25, 0.3) is 0 Å². The maximum Gasteiger partial charge on any atom is 0.231 e. The number of primary amides is 1. The zero-order valence-corrected chi connectivity index (χ0v) is 12.0. The minimum absolute atomic E-state index is 0.214. The smallest absolute Gasteiger partial charge is 0.231 e.